The predicted octanol–water partition coefficient (Wildman–Crippen LogP) is 0.154. The Morgan fingerprint density at radius 1 is 1.53 bits per heavy atom. The number of carboxylic acid groups (broad SMARTS) is 1. The molecule has 98 valence electrons. The average molecular weight is 245 g/mol. The summed E-state index contributed by atoms with van der Waals surface area (Å²) in [5.41, 5.74) is -1.22. The molecule has 1 heterocycles. The summed E-state index contributed by atoms with van der Waals surface area (Å²) >= 11 is 0. The minimum Gasteiger partial charge on any atom is -0.465 e. The molecule has 1 aliphatic heterocycles. The number of aliphatic hydroxyl groups is 1. The van der Waals surface area contributed by atoms with Gasteiger partial charge in [-0.25, -0.2) is 4.79 Å². The first-order valence-electron chi connectivity index (χ1n) is 5.95. The van der Waals surface area contributed by atoms with E-state index in [4.69, 9.17) is 14.6 Å². The molecule has 2 aliphatic rings. The summed E-state index contributed by atoms with van der Waals surface area (Å²) in [7, 11) is 0. The van der Waals surface area contributed by atoms with E-state index in [0.29, 0.717) is 25.7 Å². The third-order valence-electron chi connectivity index (χ3n) is 3.05. The van der Waals surface area contributed by atoms with Crippen molar-refractivity contribution in [3.8, 4) is 0 Å². The van der Waals surface area contributed by atoms with E-state index in [0.717, 1.165) is 0 Å². The fraction of sp³-hybridized carbons (Fsp3) is 0.909. The number of β-amino-alcohol motifs (C(OH)–C–C–N with tert-alkyl or cyclic N) is 1. The lowest BCUT2D eigenvalue weighted by atomic mass is 10.1. The molecule has 0 aromatic carbocycles. The zero-order chi connectivity index (χ0) is 12.3. The van der Waals surface area contributed by atoms with Crippen LogP contribution in [0.25, 0.3) is 0 Å². The van der Waals surface area contributed by atoms with Gasteiger partial charge in [-0.1, -0.05) is 0 Å². The molecule has 1 amide bonds. The van der Waals surface area contributed by atoms with Crippen LogP contribution in [0.2, 0.25) is 0 Å². The van der Waals surface area contributed by atoms with E-state index in [1.165, 1.54) is 17.7 Å². The first kappa shape index (κ1) is 12.6. The topological polar surface area (TPSA) is 79.2 Å². The maximum atomic E-state index is 10.9. The highest BCUT2D eigenvalue weighted by Gasteiger charge is 2.35. The zero-order valence-electron chi connectivity index (χ0n) is 9.80. The van der Waals surface area contributed by atoms with Gasteiger partial charge in [0.05, 0.1) is 26.4 Å². The molecular formula is C11H19NO5. The van der Waals surface area contributed by atoms with Crippen LogP contribution in [-0.4, -0.2) is 66.3 Å². The highest BCUT2D eigenvalue weighted by molar-refractivity contribution is 5.65. The van der Waals surface area contributed by atoms with Crippen LogP contribution in [0, 0.1) is 5.92 Å². The van der Waals surface area contributed by atoms with E-state index in [1.807, 2.05) is 0 Å². The number of nitrogens with zero attached hydrogens (tertiary/aromatic N) is 1. The second-order valence-electron chi connectivity index (χ2n) is 4.94. The Balaban J connectivity index is 1.83. The second kappa shape index (κ2) is 5.20. The first-order valence-corrected chi connectivity index (χ1v) is 5.95. The quantitative estimate of drug-likeness (QED) is 0.737. The van der Waals surface area contributed by atoms with Gasteiger partial charge >= 0.3 is 6.09 Å². The number of hydrogen-bond acceptors (Lipinski definition) is 4. The van der Waals surface area contributed by atoms with Gasteiger partial charge in [-0.2, -0.15) is 0 Å². The number of carbonyl (C=O) groups is 1. The lowest BCUT2D eigenvalue weighted by Crippen LogP contribution is -2.49. The first-order chi connectivity index (χ1) is 8.09. The van der Waals surface area contributed by atoms with E-state index >= 15 is 0 Å². The van der Waals surface area contributed by atoms with Crippen molar-refractivity contribution in [2.45, 2.75) is 18.4 Å². The van der Waals surface area contributed by atoms with Crippen LogP contribution in [0.15, 0.2) is 0 Å². The van der Waals surface area contributed by atoms with Gasteiger partial charge < -0.3 is 24.6 Å². The summed E-state index contributed by atoms with van der Waals surface area (Å²) in [6, 6.07) is 0. The van der Waals surface area contributed by atoms with Crippen LogP contribution < -0.4 is 0 Å². The molecule has 1 saturated carbocycles. The van der Waals surface area contributed by atoms with Crippen molar-refractivity contribution in [1.29, 1.82) is 0 Å². The predicted molar refractivity (Wildman–Crippen MR) is 58.9 cm³/mol. The van der Waals surface area contributed by atoms with Crippen molar-refractivity contribution < 1.29 is 24.5 Å². The maximum Gasteiger partial charge on any atom is 0.407 e. The molecule has 1 unspecified atom stereocenters. The van der Waals surface area contributed by atoms with Gasteiger partial charge in [0, 0.05) is 13.2 Å². The molecule has 17 heavy (non-hydrogen) atoms. The van der Waals surface area contributed by atoms with Crippen molar-refractivity contribution in [1.82, 2.24) is 4.90 Å². The smallest absolute Gasteiger partial charge is 0.407 e. The molecule has 0 bridgehead atoms. The summed E-state index contributed by atoms with van der Waals surface area (Å²) in [6.45, 7) is 1.56. The summed E-state index contributed by atoms with van der Waals surface area (Å²) in [5.74, 6) is 0.626. The molecule has 2 fully saturated rings. The van der Waals surface area contributed by atoms with Gasteiger partial charge in [0.2, 0.25) is 0 Å². The third kappa shape index (κ3) is 3.83. The molecule has 0 aromatic heterocycles. The summed E-state index contributed by atoms with van der Waals surface area (Å²) in [4.78, 5) is 12.1. The largest absolute Gasteiger partial charge is 0.465 e. The van der Waals surface area contributed by atoms with E-state index in [2.05, 4.69) is 0 Å². The van der Waals surface area contributed by atoms with E-state index < -0.39 is 11.7 Å². The van der Waals surface area contributed by atoms with E-state index in [-0.39, 0.29) is 19.8 Å². The molecule has 0 aromatic rings. The molecule has 6 nitrogen and oxygen atoms in total. The van der Waals surface area contributed by atoms with E-state index in [9.17, 15) is 9.90 Å². The number of amides is 1. The van der Waals surface area contributed by atoms with Crippen LogP contribution in [0.4, 0.5) is 4.79 Å². The molecule has 1 atom stereocenters. The SMILES string of the molecule is O=C(O)N1CCOCC(O)(COCC2CC2)C1. The second-order valence-corrected chi connectivity index (χ2v) is 4.94. The Bertz CT molecular complexity index is 281. The van der Waals surface area contributed by atoms with Crippen LogP contribution in [0.1, 0.15) is 12.8 Å². The van der Waals surface area contributed by atoms with Gasteiger partial charge in [0.1, 0.15) is 5.60 Å². The summed E-state index contributed by atoms with van der Waals surface area (Å²) in [5, 5.41) is 19.2. The lowest BCUT2D eigenvalue weighted by Gasteiger charge is -2.29. The van der Waals surface area contributed by atoms with Crippen LogP contribution in [-0.2, 0) is 9.47 Å². The Morgan fingerprint density at radius 3 is 2.94 bits per heavy atom. The van der Waals surface area contributed by atoms with Crippen molar-refractivity contribution in [3.63, 3.8) is 0 Å². The molecule has 0 spiro atoms. The molecule has 2 rings (SSSR count). The van der Waals surface area contributed by atoms with Crippen LogP contribution in [0.5, 0.6) is 0 Å². The fourth-order valence-corrected chi connectivity index (χ4v) is 1.87. The molecular weight excluding hydrogens is 226 g/mol. The van der Waals surface area contributed by atoms with Crippen molar-refractivity contribution in [3.05, 3.63) is 0 Å². The van der Waals surface area contributed by atoms with Gasteiger partial charge in [0.25, 0.3) is 0 Å². The van der Waals surface area contributed by atoms with Crippen molar-refractivity contribution >= 4 is 6.09 Å². The summed E-state index contributed by atoms with van der Waals surface area (Å²) in [6.07, 6.45) is 1.35. The minimum atomic E-state index is -1.22. The Labute approximate surface area is 100 Å². The number of rotatable bonds is 4. The van der Waals surface area contributed by atoms with Gasteiger partial charge in [-0.05, 0) is 18.8 Å². The zero-order valence-corrected chi connectivity index (χ0v) is 9.80. The fourth-order valence-electron chi connectivity index (χ4n) is 1.87. The molecule has 1 saturated heterocycles. The monoisotopic (exact) mass is 245 g/mol. The third-order valence-corrected chi connectivity index (χ3v) is 3.05. The minimum absolute atomic E-state index is 0.0486. The summed E-state index contributed by atoms with van der Waals surface area (Å²) < 4.78 is 10.7. The normalized spacial score (nSPS) is 30.1. The molecule has 2 N–H and O–H groups in total. The van der Waals surface area contributed by atoms with Gasteiger partial charge in [-0.15, -0.1) is 0 Å². The van der Waals surface area contributed by atoms with Crippen LogP contribution in [0.3, 0.4) is 0 Å². The Kier molecular flexibility index (Phi) is 3.86. The van der Waals surface area contributed by atoms with Crippen molar-refractivity contribution in [2.75, 3.05) is 39.5 Å². The van der Waals surface area contributed by atoms with E-state index in [1.54, 1.807) is 0 Å². The highest BCUT2D eigenvalue weighted by Crippen LogP contribution is 2.29. The molecule has 0 radical (unpaired) electrons. The number of ether oxygens (including phenoxy) is 2. The Morgan fingerprint density at radius 2 is 2.29 bits per heavy atom. The van der Waals surface area contributed by atoms with Gasteiger partial charge in [0.15, 0.2) is 0 Å². The molecule has 6 heteroatoms. The average Bonchev–Trinajstić information content (AvgIpc) is 3.06. The standard InChI is InChI=1S/C11H19NO5/c13-10(14)12-3-4-16-7-11(15,6-12)8-17-5-9-1-2-9/h9,15H,1-8H2,(H,13,14). The highest BCUT2D eigenvalue weighted by atomic mass is 16.5. The number of hydrogen-bond donors (Lipinski definition) is 2. The van der Waals surface area contributed by atoms with Gasteiger partial charge in [-0.3, -0.25) is 0 Å². The molecule has 1 aliphatic carbocycles. The maximum absolute atomic E-state index is 10.9. The van der Waals surface area contributed by atoms with Crippen LogP contribution >= 0.6 is 0 Å². The van der Waals surface area contributed by atoms with Crippen molar-refractivity contribution in [2.24, 2.45) is 5.92 Å². The Hall–Kier alpha value is -0.850. The lowest BCUT2D eigenvalue weighted by molar-refractivity contribution is -0.0900.